The molecule has 1 aromatic heterocycles. The standard InChI is InChI=1S/C18H30N4O.HI/c1-5-19-17(22(4)12-13-8-6-10-20-13)21-15-14-9-7-11-23-16(14)18(15,2)3;/h6,8,10,14-16,20H,5,7,9,11-12H2,1-4H3,(H,19,21);1H. The largest absolute Gasteiger partial charge is 0.377 e. The van der Waals surface area contributed by atoms with E-state index < -0.39 is 0 Å². The van der Waals surface area contributed by atoms with Crippen molar-refractivity contribution < 1.29 is 4.74 Å². The molecule has 0 amide bonds. The van der Waals surface area contributed by atoms with Gasteiger partial charge in [-0.05, 0) is 31.9 Å². The topological polar surface area (TPSA) is 52.7 Å². The molecule has 5 nitrogen and oxygen atoms in total. The van der Waals surface area contributed by atoms with Gasteiger partial charge in [0, 0.05) is 49.5 Å². The summed E-state index contributed by atoms with van der Waals surface area (Å²) in [6.45, 7) is 9.24. The fourth-order valence-electron chi connectivity index (χ4n) is 4.18. The average molecular weight is 446 g/mol. The zero-order valence-corrected chi connectivity index (χ0v) is 17.5. The fourth-order valence-corrected chi connectivity index (χ4v) is 4.18. The van der Waals surface area contributed by atoms with Crippen LogP contribution in [0.2, 0.25) is 0 Å². The van der Waals surface area contributed by atoms with Crippen molar-refractivity contribution in [1.29, 1.82) is 0 Å². The average Bonchev–Trinajstić information content (AvgIpc) is 3.04. The molecule has 0 radical (unpaired) electrons. The van der Waals surface area contributed by atoms with Crippen LogP contribution in [-0.4, -0.2) is 48.2 Å². The molecule has 1 saturated carbocycles. The molecule has 2 N–H and O–H groups in total. The molecule has 2 heterocycles. The molecule has 136 valence electrons. The molecule has 1 saturated heterocycles. The molecule has 0 bridgehead atoms. The molecular weight excluding hydrogens is 415 g/mol. The Morgan fingerprint density at radius 3 is 2.96 bits per heavy atom. The minimum Gasteiger partial charge on any atom is -0.377 e. The van der Waals surface area contributed by atoms with Crippen LogP contribution < -0.4 is 5.32 Å². The van der Waals surface area contributed by atoms with Crippen LogP contribution in [0, 0.1) is 11.3 Å². The third-order valence-corrected chi connectivity index (χ3v) is 5.36. The second kappa shape index (κ2) is 8.08. The van der Waals surface area contributed by atoms with E-state index in [-0.39, 0.29) is 29.4 Å². The van der Waals surface area contributed by atoms with Crippen LogP contribution >= 0.6 is 24.0 Å². The second-order valence-electron chi connectivity index (χ2n) is 7.39. The first-order valence-corrected chi connectivity index (χ1v) is 8.80. The molecule has 2 aliphatic rings. The van der Waals surface area contributed by atoms with E-state index in [1.54, 1.807) is 0 Å². The molecule has 1 aliphatic carbocycles. The summed E-state index contributed by atoms with van der Waals surface area (Å²) in [4.78, 5) is 10.2. The molecular formula is C18H31IN4O. The van der Waals surface area contributed by atoms with Gasteiger partial charge in [0.15, 0.2) is 5.96 Å². The molecule has 0 aromatic carbocycles. The van der Waals surface area contributed by atoms with Crippen molar-refractivity contribution in [2.75, 3.05) is 20.2 Å². The van der Waals surface area contributed by atoms with Gasteiger partial charge in [0.25, 0.3) is 0 Å². The Morgan fingerprint density at radius 2 is 2.29 bits per heavy atom. The number of guanidine groups is 1. The maximum absolute atomic E-state index is 6.01. The Bertz CT molecular complexity index is 543. The van der Waals surface area contributed by atoms with Crippen LogP contribution in [0.25, 0.3) is 0 Å². The lowest BCUT2D eigenvalue weighted by molar-refractivity contribution is -0.188. The highest BCUT2D eigenvalue weighted by molar-refractivity contribution is 14.0. The number of halogens is 1. The lowest BCUT2D eigenvalue weighted by atomic mass is 9.55. The van der Waals surface area contributed by atoms with Crippen LogP contribution in [0.5, 0.6) is 0 Å². The minimum absolute atomic E-state index is 0. The van der Waals surface area contributed by atoms with Crippen molar-refractivity contribution in [3.63, 3.8) is 0 Å². The van der Waals surface area contributed by atoms with Gasteiger partial charge in [-0.25, -0.2) is 0 Å². The summed E-state index contributed by atoms with van der Waals surface area (Å²) in [6.07, 6.45) is 4.79. The number of aromatic nitrogens is 1. The van der Waals surface area contributed by atoms with Gasteiger partial charge >= 0.3 is 0 Å². The van der Waals surface area contributed by atoms with Gasteiger partial charge in [0.05, 0.1) is 12.6 Å². The number of ether oxygens (including phenoxy) is 1. The maximum atomic E-state index is 6.01. The second-order valence-corrected chi connectivity index (χ2v) is 7.39. The highest BCUT2D eigenvalue weighted by Gasteiger charge is 2.58. The number of hydrogen-bond acceptors (Lipinski definition) is 2. The smallest absolute Gasteiger partial charge is 0.194 e. The normalized spacial score (nSPS) is 28.3. The summed E-state index contributed by atoms with van der Waals surface area (Å²) >= 11 is 0. The first-order valence-electron chi connectivity index (χ1n) is 8.80. The van der Waals surface area contributed by atoms with Crippen molar-refractivity contribution >= 4 is 29.9 Å². The minimum atomic E-state index is 0. The predicted octanol–water partition coefficient (Wildman–Crippen LogP) is 3.23. The van der Waals surface area contributed by atoms with Crippen LogP contribution in [0.1, 0.15) is 39.3 Å². The van der Waals surface area contributed by atoms with Crippen molar-refractivity contribution in [1.82, 2.24) is 15.2 Å². The molecule has 3 unspecified atom stereocenters. The number of nitrogens with one attached hydrogen (secondary N) is 2. The highest BCUT2D eigenvalue weighted by atomic mass is 127. The number of fused-ring (bicyclic) bond motifs is 1. The van der Waals surface area contributed by atoms with E-state index >= 15 is 0 Å². The highest BCUT2D eigenvalue weighted by Crippen LogP contribution is 2.51. The first-order chi connectivity index (χ1) is 11.0. The SMILES string of the molecule is CCN=C(NC1C2CCCOC2C1(C)C)N(C)Cc1ccc[nH]1.I. The van der Waals surface area contributed by atoms with Crippen LogP contribution in [0.15, 0.2) is 23.3 Å². The van der Waals surface area contributed by atoms with Gasteiger partial charge in [-0.1, -0.05) is 13.8 Å². The van der Waals surface area contributed by atoms with Crippen molar-refractivity contribution in [3.8, 4) is 0 Å². The van der Waals surface area contributed by atoms with Crippen molar-refractivity contribution in [2.24, 2.45) is 16.3 Å². The van der Waals surface area contributed by atoms with E-state index in [0.717, 1.165) is 25.7 Å². The summed E-state index contributed by atoms with van der Waals surface area (Å²) in [6, 6.07) is 4.58. The summed E-state index contributed by atoms with van der Waals surface area (Å²) in [5.74, 6) is 1.60. The van der Waals surface area contributed by atoms with E-state index in [0.29, 0.717) is 18.1 Å². The third kappa shape index (κ3) is 3.74. The van der Waals surface area contributed by atoms with Gasteiger partial charge in [0.1, 0.15) is 0 Å². The molecule has 1 aliphatic heterocycles. The van der Waals surface area contributed by atoms with Gasteiger partial charge in [-0.3, -0.25) is 4.99 Å². The lowest BCUT2D eigenvalue weighted by Gasteiger charge is -2.60. The number of H-pyrrole nitrogens is 1. The molecule has 6 heteroatoms. The monoisotopic (exact) mass is 446 g/mol. The first kappa shape index (κ1) is 19.6. The summed E-state index contributed by atoms with van der Waals surface area (Å²) < 4.78 is 6.01. The Morgan fingerprint density at radius 1 is 1.50 bits per heavy atom. The Hall–Kier alpha value is -0.760. The van der Waals surface area contributed by atoms with E-state index in [4.69, 9.17) is 9.73 Å². The summed E-state index contributed by atoms with van der Waals surface area (Å²) in [7, 11) is 2.10. The zero-order valence-electron chi connectivity index (χ0n) is 15.2. The molecule has 2 fully saturated rings. The van der Waals surface area contributed by atoms with E-state index in [2.05, 4.69) is 49.1 Å². The lowest BCUT2D eigenvalue weighted by Crippen LogP contribution is -2.71. The Labute approximate surface area is 162 Å². The van der Waals surface area contributed by atoms with Gasteiger partial charge in [-0.15, -0.1) is 24.0 Å². The molecule has 24 heavy (non-hydrogen) atoms. The van der Waals surface area contributed by atoms with Gasteiger partial charge in [-0.2, -0.15) is 0 Å². The van der Waals surface area contributed by atoms with Gasteiger partial charge in [0.2, 0.25) is 0 Å². The number of aliphatic imine (C=N–C) groups is 1. The van der Waals surface area contributed by atoms with E-state index in [1.165, 1.54) is 18.5 Å². The predicted molar refractivity (Wildman–Crippen MR) is 109 cm³/mol. The molecule has 3 atom stereocenters. The number of rotatable bonds is 4. The number of aromatic amines is 1. The molecule has 1 aromatic rings. The fraction of sp³-hybridized carbons (Fsp3) is 0.722. The number of nitrogens with zero attached hydrogens (tertiary/aromatic N) is 2. The quantitative estimate of drug-likeness (QED) is 0.424. The third-order valence-electron chi connectivity index (χ3n) is 5.36. The molecule has 0 spiro atoms. The van der Waals surface area contributed by atoms with Gasteiger partial charge < -0.3 is 19.9 Å². The van der Waals surface area contributed by atoms with Crippen LogP contribution in [0.3, 0.4) is 0 Å². The van der Waals surface area contributed by atoms with Crippen molar-refractivity contribution in [2.45, 2.75) is 52.3 Å². The maximum Gasteiger partial charge on any atom is 0.194 e. The number of hydrogen-bond donors (Lipinski definition) is 2. The van der Waals surface area contributed by atoms with Crippen LogP contribution in [0.4, 0.5) is 0 Å². The summed E-state index contributed by atoms with van der Waals surface area (Å²) in [5.41, 5.74) is 1.36. The van der Waals surface area contributed by atoms with E-state index in [9.17, 15) is 0 Å². The molecule has 3 rings (SSSR count). The Balaban J connectivity index is 0.00000208. The Kier molecular flexibility index (Phi) is 6.59. The van der Waals surface area contributed by atoms with Crippen molar-refractivity contribution in [3.05, 3.63) is 24.0 Å². The van der Waals surface area contributed by atoms with E-state index in [1.807, 2.05) is 12.3 Å². The van der Waals surface area contributed by atoms with Crippen LogP contribution in [-0.2, 0) is 11.3 Å². The zero-order chi connectivity index (χ0) is 16.4. The summed E-state index contributed by atoms with van der Waals surface area (Å²) in [5, 5.41) is 3.74.